The molecule has 0 bridgehead atoms. The maximum atomic E-state index is 11.2. The molecule has 1 aromatic carbocycles. The minimum absolute atomic E-state index is 0.473. The molecule has 1 aliphatic carbocycles. The van der Waals surface area contributed by atoms with E-state index in [4.69, 9.17) is 4.74 Å². The summed E-state index contributed by atoms with van der Waals surface area (Å²) in [6.45, 7) is 3.76. The molecular weight excluding hydrogens is 226 g/mol. The van der Waals surface area contributed by atoms with Crippen molar-refractivity contribution in [2.75, 3.05) is 25.2 Å². The minimum atomic E-state index is 0.473. The van der Waals surface area contributed by atoms with Gasteiger partial charge in [0.05, 0.1) is 6.61 Å². The van der Waals surface area contributed by atoms with E-state index in [0.717, 1.165) is 30.0 Å². The largest absolute Gasteiger partial charge is 0.383 e. The number of carbonyl (C=O) groups excluding carboxylic acids is 1. The van der Waals surface area contributed by atoms with Gasteiger partial charge in [-0.2, -0.15) is 0 Å². The number of methoxy groups -OCH3 is 1. The third-order valence-electron chi connectivity index (χ3n) is 3.71. The SMILES string of the molecule is COCCN(c1ccccc1C=O)C(C)C1CC1. The average Bonchev–Trinajstić information content (AvgIpc) is 3.23. The summed E-state index contributed by atoms with van der Waals surface area (Å²) in [5.41, 5.74) is 1.80. The van der Waals surface area contributed by atoms with Crippen molar-refractivity contribution < 1.29 is 9.53 Å². The number of aldehydes is 1. The number of para-hydroxylation sites is 1. The van der Waals surface area contributed by atoms with Crippen LogP contribution in [0, 0.1) is 5.92 Å². The first kappa shape index (κ1) is 13.1. The Morgan fingerprint density at radius 3 is 2.78 bits per heavy atom. The number of carbonyl (C=O) groups is 1. The summed E-state index contributed by atoms with van der Waals surface area (Å²) < 4.78 is 5.19. The fraction of sp³-hybridized carbons (Fsp3) is 0.533. The zero-order valence-electron chi connectivity index (χ0n) is 11.1. The minimum Gasteiger partial charge on any atom is -0.383 e. The highest BCUT2D eigenvalue weighted by atomic mass is 16.5. The maximum absolute atomic E-state index is 11.2. The Kier molecular flexibility index (Phi) is 4.37. The molecule has 0 radical (unpaired) electrons. The van der Waals surface area contributed by atoms with Crippen LogP contribution in [0.25, 0.3) is 0 Å². The molecule has 0 heterocycles. The molecule has 0 aromatic heterocycles. The molecule has 0 saturated heterocycles. The molecule has 1 saturated carbocycles. The van der Waals surface area contributed by atoms with Gasteiger partial charge in [0.2, 0.25) is 0 Å². The number of benzene rings is 1. The van der Waals surface area contributed by atoms with Gasteiger partial charge in [-0.15, -0.1) is 0 Å². The van der Waals surface area contributed by atoms with Gasteiger partial charge >= 0.3 is 0 Å². The highest BCUT2D eigenvalue weighted by Crippen LogP contribution is 2.37. The van der Waals surface area contributed by atoms with Crippen LogP contribution in [0.2, 0.25) is 0 Å². The standard InChI is InChI=1S/C15H21NO2/c1-12(13-7-8-13)16(9-10-18-2)15-6-4-3-5-14(15)11-17/h3-6,11-13H,7-10H2,1-2H3. The lowest BCUT2D eigenvalue weighted by molar-refractivity contribution is 0.112. The molecule has 3 heteroatoms. The maximum Gasteiger partial charge on any atom is 0.152 e. The van der Waals surface area contributed by atoms with Gasteiger partial charge in [0.15, 0.2) is 6.29 Å². The topological polar surface area (TPSA) is 29.5 Å². The molecule has 98 valence electrons. The van der Waals surface area contributed by atoms with E-state index in [2.05, 4.69) is 11.8 Å². The van der Waals surface area contributed by atoms with Crippen LogP contribution in [0.3, 0.4) is 0 Å². The number of anilines is 1. The fourth-order valence-corrected chi connectivity index (χ4v) is 2.41. The summed E-state index contributed by atoms with van der Waals surface area (Å²) in [6, 6.07) is 8.27. The second-order valence-corrected chi connectivity index (χ2v) is 4.94. The van der Waals surface area contributed by atoms with Gasteiger partial charge in [0.25, 0.3) is 0 Å². The van der Waals surface area contributed by atoms with Crippen LogP contribution < -0.4 is 4.90 Å². The van der Waals surface area contributed by atoms with Crippen LogP contribution in [0.4, 0.5) is 5.69 Å². The summed E-state index contributed by atoms with van der Waals surface area (Å²) in [5.74, 6) is 0.765. The summed E-state index contributed by atoms with van der Waals surface area (Å²) in [5, 5.41) is 0. The van der Waals surface area contributed by atoms with Crippen LogP contribution >= 0.6 is 0 Å². The van der Waals surface area contributed by atoms with E-state index < -0.39 is 0 Å². The molecule has 1 atom stereocenters. The second kappa shape index (κ2) is 6.01. The van der Waals surface area contributed by atoms with Gasteiger partial charge < -0.3 is 9.64 Å². The highest BCUT2D eigenvalue weighted by Gasteiger charge is 2.32. The van der Waals surface area contributed by atoms with Crippen LogP contribution in [0.1, 0.15) is 30.1 Å². The predicted molar refractivity (Wildman–Crippen MR) is 73.2 cm³/mol. The van der Waals surface area contributed by atoms with Crippen molar-refractivity contribution in [1.82, 2.24) is 0 Å². The Balaban J connectivity index is 2.22. The van der Waals surface area contributed by atoms with E-state index in [-0.39, 0.29) is 0 Å². The summed E-state index contributed by atoms with van der Waals surface area (Å²) >= 11 is 0. The van der Waals surface area contributed by atoms with Gasteiger partial charge in [0.1, 0.15) is 0 Å². The molecule has 1 fully saturated rings. The van der Waals surface area contributed by atoms with E-state index in [9.17, 15) is 4.79 Å². The molecule has 1 aromatic rings. The van der Waals surface area contributed by atoms with Crippen LogP contribution in [-0.4, -0.2) is 32.6 Å². The van der Waals surface area contributed by atoms with E-state index >= 15 is 0 Å². The first-order valence-electron chi connectivity index (χ1n) is 6.57. The van der Waals surface area contributed by atoms with Crippen molar-refractivity contribution in [3.8, 4) is 0 Å². The first-order valence-corrected chi connectivity index (χ1v) is 6.57. The van der Waals surface area contributed by atoms with Gasteiger partial charge in [0, 0.05) is 30.9 Å². The number of hydrogen-bond acceptors (Lipinski definition) is 3. The number of ether oxygens (including phenoxy) is 1. The third kappa shape index (κ3) is 2.91. The highest BCUT2D eigenvalue weighted by molar-refractivity contribution is 5.84. The third-order valence-corrected chi connectivity index (χ3v) is 3.71. The lowest BCUT2D eigenvalue weighted by atomic mass is 10.1. The van der Waals surface area contributed by atoms with Gasteiger partial charge in [-0.05, 0) is 37.8 Å². The van der Waals surface area contributed by atoms with Crippen molar-refractivity contribution in [3.63, 3.8) is 0 Å². The molecule has 0 amide bonds. The molecule has 1 aliphatic rings. The normalized spacial score (nSPS) is 16.3. The van der Waals surface area contributed by atoms with E-state index in [0.29, 0.717) is 12.6 Å². The second-order valence-electron chi connectivity index (χ2n) is 4.94. The van der Waals surface area contributed by atoms with Crippen molar-refractivity contribution in [3.05, 3.63) is 29.8 Å². The Labute approximate surface area is 109 Å². The molecule has 3 nitrogen and oxygen atoms in total. The average molecular weight is 247 g/mol. The van der Waals surface area contributed by atoms with Gasteiger partial charge in [-0.3, -0.25) is 4.79 Å². The Bertz CT molecular complexity index is 401. The smallest absolute Gasteiger partial charge is 0.152 e. The predicted octanol–water partition coefficient (Wildman–Crippen LogP) is 2.75. The Morgan fingerprint density at radius 1 is 1.44 bits per heavy atom. The fourth-order valence-electron chi connectivity index (χ4n) is 2.41. The van der Waals surface area contributed by atoms with Crippen LogP contribution in [0.15, 0.2) is 24.3 Å². The zero-order valence-corrected chi connectivity index (χ0v) is 11.1. The van der Waals surface area contributed by atoms with E-state index in [1.165, 1.54) is 12.8 Å². The summed E-state index contributed by atoms with van der Waals surface area (Å²) in [6.07, 6.45) is 3.54. The first-order chi connectivity index (χ1) is 8.77. The molecular formula is C15H21NO2. The lowest BCUT2D eigenvalue weighted by Gasteiger charge is -2.32. The zero-order chi connectivity index (χ0) is 13.0. The number of nitrogens with zero attached hydrogens (tertiary/aromatic N) is 1. The number of hydrogen-bond donors (Lipinski definition) is 0. The number of rotatable bonds is 7. The summed E-state index contributed by atoms with van der Waals surface area (Å²) in [7, 11) is 1.71. The van der Waals surface area contributed by atoms with Crippen molar-refractivity contribution in [1.29, 1.82) is 0 Å². The lowest BCUT2D eigenvalue weighted by Crippen LogP contribution is -2.37. The molecule has 0 N–H and O–H groups in total. The quantitative estimate of drug-likeness (QED) is 0.694. The van der Waals surface area contributed by atoms with Crippen molar-refractivity contribution in [2.45, 2.75) is 25.8 Å². The van der Waals surface area contributed by atoms with E-state index in [1.54, 1.807) is 7.11 Å². The monoisotopic (exact) mass is 247 g/mol. The van der Waals surface area contributed by atoms with E-state index in [1.807, 2.05) is 24.3 Å². The Morgan fingerprint density at radius 2 is 2.17 bits per heavy atom. The molecule has 0 aliphatic heterocycles. The molecule has 1 unspecified atom stereocenters. The van der Waals surface area contributed by atoms with Crippen molar-refractivity contribution in [2.24, 2.45) is 5.92 Å². The summed E-state index contributed by atoms with van der Waals surface area (Å²) in [4.78, 5) is 13.5. The van der Waals surface area contributed by atoms with Crippen LogP contribution in [-0.2, 0) is 4.74 Å². The van der Waals surface area contributed by atoms with Crippen LogP contribution in [0.5, 0.6) is 0 Å². The molecule has 0 spiro atoms. The molecule has 18 heavy (non-hydrogen) atoms. The van der Waals surface area contributed by atoms with Gasteiger partial charge in [-0.25, -0.2) is 0 Å². The van der Waals surface area contributed by atoms with Crippen molar-refractivity contribution >= 4 is 12.0 Å². The molecule has 2 rings (SSSR count). The van der Waals surface area contributed by atoms with Gasteiger partial charge in [-0.1, -0.05) is 12.1 Å². The Hall–Kier alpha value is -1.35.